The average Bonchev–Trinajstić information content (AvgIpc) is 2.01. The Hall–Kier alpha value is -0.520. The van der Waals surface area contributed by atoms with E-state index in [0.29, 0.717) is 0 Å². The third kappa shape index (κ3) is 2.50. The van der Waals surface area contributed by atoms with Crippen LogP contribution in [0.2, 0.25) is 10.2 Å². The maximum atomic E-state index is 12.2. The van der Waals surface area contributed by atoms with Crippen LogP contribution in [0.4, 0.5) is 13.2 Å². The monoisotopic (exact) mass is 244 g/mol. The van der Waals surface area contributed by atoms with Crippen molar-refractivity contribution >= 4 is 23.2 Å². The highest BCUT2D eigenvalue weighted by molar-refractivity contribution is 6.34. The van der Waals surface area contributed by atoms with Gasteiger partial charge in [-0.25, -0.2) is 4.98 Å². The van der Waals surface area contributed by atoms with Crippen LogP contribution in [-0.4, -0.2) is 11.2 Å². The Balaban J connectivity index is 3.08. The van der Waals surface area contributed by atoms with E-state index in [-0.39, 0.29) is 15.7 Å². The van der Waals surface area contributed by atoms with Crippen molar-refractivity contribution in [1.29, 1.82) is 0 Å². The first-order chi connectivity index (χ1) is 6.32. The van der Waals surface area contributed by atoms with Crippen LogP contribution in [0.25, 0.3) is 0 Å². The molecule has 0 spiro atoms. The molecule has 1 aromatic heterocycles. The molecule has 0 fully saturated rings. The zero-order valence-electron chi connectivity index (χ0n) is 6.65. The van der Waals surface area contributed by atoms with Crippen molar-refractivity contribution in [3.63, 3.8) is 0 Å². The van der Waals surface area contributed by atoms with Gasteiger partial charge in [-0.2, -0.15) is 13.2 Å². The normalized spacial score (nSPS) is 14.1. The number of pyridine rings is 1. The standard InChI is InChI=1S/C7H5Cl2F3N2/c8-4-1-5(9)14-2-3(4)6(13)7(10,11)12/h1-2,6H,13H2/t6-/m1/s1. The number of hydrogen-bond acceptors (Lipinski definition) is 2. The number of nitrogens with two attached hydrogens (primary N) is 1. The van der Waals surface area contributed by atoms with Gasteiger partial charge >= 0.3 is 6.18 Å². The first-order valence-corrected chi connectivity index (χ1v) is 4.21. The summed E-state index contributed by atoms with van der Waals surface area (Å²) in [6, 6.07) is -1.02. The van der Waals surface area contributed by atoms with Crippen LogP contribution < -0.4 is 5.73 Å². The second-order valence-corrected chi connectivity index (χ2v) is 3.34. The Bertz CT molecular complexity index is 340. The summed E-state index contributed by atoms with van der Waals surface area (Å²) in [6.45, 7) is 0. The Morgan fingerprint density at radius 3 is 2.36 bits per heavy atom. The lowest BCUT2D eigenvalue weighted by atomic mass is 10.1. The third-order valence-corrected chi connectivity index (χ3v) is 2.07. The highest BCUT2D eigenvalue weighted by Gasteiger charge is 2.39. The van der Waals surface area contributed by atoms with Crippen LogP contribution in [0.3, 0.4) is 0 Å². The molecule has 0 aliphatic rings. The topological polar surface area (TPSA) is 38.9 Å². The molecular formula is C7H5Cl2F3N2. The van der Waals surface area contributed by atoms with Crippen LogP contribution in [-0.2, 0) is 0 Å². The van der Waals surface area contributed by atoms with Gasteiger partial charge in [-0.1, -0.05) is 23.2 Å². The zero-order chi connectivity index (χ0) is 10.9. The van der Waals surface area contributed by atoms with Gasteiger partial charge in [0.05, 0.1) is 5.02 Å². The van der Waals surface area contributed by atoms with E-state index in [2.05, 4.69) is 4.98 Å². The van der Waals surface area contributed by atoms with Crippen LogP contribution in [0.15, 0.2) is 12.3 Å². The second-order valence-electron chi connectivity index (χ2n) is 2.55. The summed E-state index contributed by atoms with van der Waals surface area (Å²) in [6.07, 6.45) is -3.62. The molecule has 0 saturated carbocycles. The fourth-order valence-electron chi connectivity index (χ4n) is 0.823. The quantitative estimate of drug-likeness (QED) is 0.772. The SMILES string of the molecule is N[C@H](c1cnc(Cl)cc1Cl)C(F)(F)F. The highest BCUT2D eigenvalue weighted by atomic mass is 35.5. The van der Waals surface area contributed by atoms with Crippen molar-refractivity contribution < 1.29 is 13.2 Å². The predicted molar refractivity (Wildman–Crippen MR) is 47.2 cm³/mol. The summed E-state index contributed by atoms with van der Waals surface area (Å²) >= 11 is 10.9. The summed E-state index contributed by atoms with van der Waals surface area (Å²) < 4.78 is 36.5. The summed E-state index contributed by atoms with van der Waals surface area (Å²) in [5.41, 5.74) is 4.64. The lowest BCUT2D eigenvalue weighted by molar-refractivity contribution is -0.149. The number of halogens is 5. The van der Waals surface area contributed by atoms with E-state index in [1.807, 2.05) is 0 Å². The number of aromatic nitrogens is 1. The minimum absolute atomic E-state index is 0.0214. The van der Waals surface area contributed by atoms with Gasteiger partial charge in [0.15, 0.2) is 0 Å². The third-order valence-electron chi connectivity index (χ3n) is 1.54. The van der Waals surface area contributed by atoms with E-state index in [1.165, 1.54) is 0 Å². The molecule has 14 heavy (non-hydrogen) atoms. The molecule has 0 radical (unpaired) electrons. The Morgan fingerprint density at radius 2 is 1.93 bits per heavy atom. The maximum absolute atomic E-state index is 12.2. The van der Waals surface area contributed by atoms with Crippen molar-refractivity contribution in [3.8, 4) is 0 Å². The first-order valence-electron chi connectivity index (χ1n) is 3.45. The van der Waals surface area contributed by atoms with Gasteiger partial charge in [-0.3, -0.25) is 0 Å². The number of nitrogens with zero attached hydrogens (tertiary/aromatic N) is 1. The van der Waals surface area contributed by atoms with Crippen molar-refractivity contribution in [2.24, 2.45) is 5.73 Å². The van der Waals surface area contributed by atoms with E-state index in [4.69, 9.17) is 28.9 Å². The molecular weight excluding hydrogens is 240 g/mol. The van der Waals surface area contributed by atoms with Crippen LogP contribution in [0.1, 0.15) is 11.6 Å². The molecule has 0 bridgehead atoms. The van der Waals surface area contributed by atoms with E-state index in [1.54, 1.807) is 0 Å². The molecule has 2 N–H and O–H groups in total. The average molecular weight is 245 g/mol. The lowest BCUT2D eigenvalue weighted by Gasteiger charge is -2.16. The van der Waals surface area contributed by atoms with Gasteiger partial charge in [0.1, 0.15) is 11.2 Å². The molecule has 1 aromatic rings. The summed E-state index contributed by atoms with van der Waals surface area (Å²) in [4.78, 5) is 3.48. The number of rotatable bonds is 1. The Morgan fingerprint density at radius 1 is 1.36 bits per heavy atom. The molecule has 0 aliphatic carbocycles. The maximum Gasteiger partial charge on any atom is 0.407 e. The fraction of sp³-hybridized carbons (Fsp3) is 0.286. The van der Waals surface area contributed by atoms with Crippen molar-refractivity contribution in [2.45, 2.75) is 12.2 Å². The molecule has 0 aliphatic heterocycles. The van der Waals surface area contributed by atoms with Gasteiger partial charge in [0.2, 0.25) is 0 Å². The summed E-state index contributed by atoms with van der Waals surface area (Å²) in [5, 5.41) is -0.122. The predicted octanol–water partition coefficient (Wildman–Crippen LogP) is 2.95. The largest absolute Gasteiger partial charge is 0.407 e. The van der Waals surface area contributed by atoms with E-state index in [9.17, 15) is 13.2 Å². The molecule has 1 heterocycles. The number of hydrogen-bond donors (Lipinski definition) is 1. The second kappa shape index (κ2) is 3.92. The Kier molecular flexibility index (Phi) is 3.24. The fourth-order valence-corrected chi connectivity index (χ4v) is 1.31. The van der Waals surface area contributed by atoms with Gasteiger partial charge in [-0.15, -0.1) is 0 Å². The number of alkyl halides is 3. The first kappa shape index (κ1) is 11.6. The van der Waals surface area contributed by atoms with Crippen LogP contribution in [0, 0.1) is 0 Å². The summed E-state index contributed by atoms with van der Waals surface area (Å²) in [5.74, 6) is 0. The summed E-state index contributed by atoms with van der Waals surface area (Å²) in [7, 11) is 0. The van der Waals surface area contributed by atoms with Crippen LogP contribution >= 0.6 is 23.2 Å². The zero-order valence-corrected chi connectivity index (χ0v) is 8.16. The Labute approximate surface area is 87.8 Å². The molecule has 0 unspecified atom stereocenters. The smallest absolute Gasteiger partial charge is 0.316 e. The minimum atomic E-state index is -4.54. The molecule has 0 amide bonds. The molecule has 1 atom stereocenters. The van der Waals surface area contributed by atoms with Crippen molar-refractivity contribution in [1.82, 2.24) is 4.98 Å². The molecule has 2 nitrogen and oxygen atoms in total. The molecule has 0 saturated heterocycles. The highest BCUT2D eigenvalue weighted by Crippen LogP contribution is 2.34. The van der Waals surface area contributed by atoms with Gasteiger partial charge < -0.3 is 5.73 Å². The van der Waals surface area contributed by atoms with Gasteiger partial charge in [0.25, 0.3) is 0 Å². The molecule has 78 valence electrons. The van der Waals surface area contributed by atoms with E-state index < -0.39 is 12.2 Å². The molecule has 0 aromatic carbocycles. The van der Waals surface area contributed by atoms with Crippen molar-refractivity contribution in [2.75, 3.05) is 0 Å². The molecule has 1 rings (SSSR count). The van der Waals surface area contributed by atoms with Gasteiger partial charge in [-0.05, 0) is 6.07 Å². The molecule has 7 heteroatoms. The lowest BCUT2D eigenvalue weighted by Crippen LogP contribution is -2.28. The van der Waals surface area contributed by atoms with Crippen molar-refractivity contribution in [3.05, 3.63) is 28.0 Å². The minimum Gasteiger partial charge on any atom is -0.316 e. The van der Waals surface area contributed by atoms with Gasteiger partial charge in [0, 0.05) is 11.8 Å². The van der Waals surface area contributed by atoms with Crippen LogP contribution in [0.5, 0.6) is 0 Å². The van der Waals surface area contributed by atoms with E-state index in [0.717, 1.165) is 12.3 Å². The van der Waals surface area contributed by atoms with E-state index >= 15 is 0 Å².